The molecule has 0 amide bonds. The minimum Gasteiger partial charge on any atom is -0.395 e. The third-order valence-electron chi connectivity index (χ3n) is 4.40. The average Bonchev–Trinajstić information content (AvgIpc) is 2.54. The van der Waals surface area contributed by atoms with Gasteiger partial charge in [0.1, 0.15) is 0 Å². The van der Waals surface area contributed by atoms with Gasteiger partial charge < -0.3 is 21.1 Å². The molecular formula is C18H40ClNO3. The second-order valence-corrected chi connectivity index (χ2v) is 6.58. The van der Waals surface area contributed by atoms with Crippen molar-refractivity contribution >= 4 is 12.4 Å². The molecule has 4 nitrogen and oxygen atoms in total. The topological polar surface area (TPSA) is 86.7 Å². The van der Waals surface area contributed by atoms with Crippen molar-refractivity contribution in [3.8, 4) is 0 Å². The van der Waals surface area contributed by atoms with Crippen molar-refractivity contribution in [2.45, 2.75) is 109 Å². The maximum absolute atomic E-state index is 9.74. The van der Waals surface area contributed by atoms with Crippen LogP contribution in [0.1, 0.15) is 90.4 Å². The van der Waals surface area contributed by atoms with Crippen LogP contribution in [0.5, 0.6) is 0 Å². The van der Waals surface area contributed by atoms with E-state index in [1.54, 1.807) is 0 Å². The average molecular weight is 354 g/mol. The van der Waals surface area contributed by atoms with E-state index in [1.807, 2.05) is 0 Å². The molecule has 0 rings (SSSR count). The lowest BCUT2D eigenvalue weighted by Gasteiger charge is -2.22. The third kappa shape index (κ3) is 15.4. The summed E-state index contributed by atoms with van der Waals surface area (Å²) in [6.45, 7) is 1.96. The summed E-state index contributed by atoms with van der Waals surface area (Å²) in [6, 6.07) is -0.743. The van der Waals surface area contributed by atoms with Crippen molar-refractivity contribution in [1.29, 1.82) is 0 Å². The van der Waals surface area contributed by atoms with E-state index in [0.717, 1.165) is 12.8 Å². The van der Waals surface area contributed by atoms with Gasteiger partial charge in [-0.05, 0) is 6.42 Å². The lowest BCUT2D eigenvalue weighted by atomic mass is 10.00. The zero-order valence-electron chi connectivity index (χ0n) is 15.0. The molecule has 142 valence electrons. The van der Waals surface area contributed by atoms with Gasteiger partial charge in [0.05, 0.1) is 24.9 Å². The Bertz CT molecular complexity index is 232. The predicted molar refractivity (Wildman–Crippen MR) is 100 cm³/mol. The number of hydrogen-bond acceptors (Lipinski definition) is 4. The summed E-state index contributed by atoms with van der Waals surface area (Å²) >= 11 is 0. The Labute approximate surface area is 149 Å². The highest BCUT2D eigenvalue weighted by molar-refractivity contribution is 5.85. The molecule has 0 unspecified atom stereocenters. The Hall–Kier alpha value is 0.130. The lowest BCUT2D eigenvalue weighted by molar-refractivity contribution is -0.0121. The van der Waals surface area contributed by atoms with Crippen molar-refractivity contribution < 1.29 is 15.3 Å². The first-order valence-electron chi connectivity index (χ1n) is 9.36. The Morgan fingerprint density at radius 1 is 0.739 bits per heavy atom. The number of aliphatic hydroxyl groups excluding tert-OH is 3. The van der Waals surface area contributed by atoms with Crippen molar-refractivity contribution in [3.05, 3.63) is 0 Å². The van der Waals surface area contributed by atoms with Crippen molar-refractivity contribution in [3.63, 3.8) is 0 Å². The number of halogens is 1. The van der Waals surface area contributed by atoms with Gasteiger partial charge in [0, 0.05) is 0 Å². The number of unbranched alkanes of at least 4 members (excludes halogenated alkanes) is 11. The van der Waals surface area contributed by atoms with Crippen LogP contribution in [-0.4, -0.2) is 40.2 Å². The van der Waals surface area contributed by atoms with Crippen LogP contribution in [0.25, 0.3) is 0 Å². The molecule has 5 N–H and O–H groups in total. The summed E-state index contributed by atoms with van der Waals surface area (Å²) in [7, 11) is 0. The highest BCUT2D eigenvalue weighted by Crippen LogP contribution is 2.14. The largest absolute Gasteiger partial charge is 0.395 e. The summed E-state index contributed by atoms with van der Waals surface area (Å²) in [5.41, 5.74) is 5.49. The molecule has 0 fully saturated rings. The minimum absolute atomic E-state index is 0. The van der Waals surface area contributed by atoms with Crippen LogP contribution >= 0.6 is 12.4 Å². The molecule has 0 spiro atoms. The summed E-state index contributed by atoms with van der Waals surface area (Å²) < 4.78 is 0. The highest BCUT2D eigenvalue weighted by atomic mass is 35.5. The number of rotatable bonds is 16. The van der Waals surface area contributed by atoms with Gasteiger partial charge in [0.15, 0.2) is 0 Å². The van der Waals surface area contributed by atoms with E-state index in [9.17, 15) is 10.2 Å². The SMILES string of the molecule is CCCCCCCCCCCCCC[C@@H](O)[C@@H](O)[C@@H](N)CO.Cl. The van der Waals surface area contributed by atoms with Gasteiger partial charge in [0.2, 0.25) is 0 Å². The first kappa shape index (κ1) is 25.4. The van der Waals surface area contributed by atoms with Crippen LogP contribution in [0.3, 0.4) is 0 Å². The molecule has 0 heterocycles. The number of aliphatic hydroxyl groups is 3. The van der Waals surface area contributed by atoms with Crippen molar-refractivity contribution in [2.24, 2.45) is 5.73 Å². The molecule has 0 bridgehead atoms. The predicted octanol–water partition coefficient (Wildman–Crippen LogP) is 3.54. The van der Waals surface area contributed by atoms with Crippen molar-refractivity contribution in [1.82, 2.24) is 0 Å². The molecule has 0 radical (unpaired) electrons. The van der Waals surface area contributed by atoms with E-state index in [4.69, 9.17) is 10.8 Å². The summed E-state index contributed by atoms with van der Waals surface area (Å²) in [4.78, 5) is 0. The number of hydrogen-bond donors (Lipinski definition) is 4. The summed E-state index contributed by atoms with van der Waals surface area (Å²) in [6.07, 6.45) is 14.1. The molecule has 0 saturated heterocycles. The van der Waals surface area contributed by atoms with Gasteiger partial charge in [-0.15, -0.1) is 12.4 Å². The van der Waals surface area contributed by atoms with Gasteiger partial charge in [-0.1, -0.05) is 84.0 Å². The van der Waals surface area contributed by atoms with Crippen LogP contribution in [0.2, 0.25) is 0 Å². The Morgan fingerprint density at radius 3 is 1.52 bits per heavy atom. The van der Waals surface area contributed by atoms with Crippen LogP contribution in [0.4, 0.5) is 0 Å². The maximum atomic E-state index is 9.74. The maximum Gasteiger partial charge on any atom is 0.0971 e. The molecule has 0 aromatic heterocycles. The fourth-order valence-electron chi connectivity index (χ4n) is 2.76. The quantitative estimate of drug-likeness (QED) is 0.320. The molecule has 5 heteroatoms. The van der Waals surface area contributed by atoms with Gasteiger partial charge >= 0.3 is 0 Å². The fraction of sp³-hybridized carbons (Fsp3) is 1.00. The third-order valence-corrected chi connectivity index (χ3v) is 4.40. The molecule has 0 aromatic carbocycles. The van der Waals surface area contributed by atoms with Gasteiger partial charge in [-0.2, -0.15) is 0 Å². The van der Waals surface area contributed by atoms with E-state index < -0.39 is 18.2 Å². The standard InChI is InChI=1S/C18H39NO3.ClH/c1-2-3-4-5-6-7-8-9-10-11-12-13-14-17(21)18(22)16(19)15-20;/h16-18,20-22H,2-15,19H2,1H3;1H/t16-,17+,18-;/m0./s1. The summed E-state index contributed by atoms with van der Waals surface area (Å²) in [5, 5.41) is 28.2. The van der Waals surface area contributed by atoms with Crippen LogP contribution in [-0.2, 0) is 0 Å². The Balaban J connectivity index is 0. The fourth-order valence-corrected chi connectivity index (χ4v) is 2.76. The van der Waals surface area contributed by atoms with Crippen molar-refractivity contribution in [2.75, 3.05) is 6.61 Å². The smallest absolute Gasteiger partial charge is 0.0971 e. The molecular weight excluding hydrogens is 314 g/mol. The molecule has 0 saturated carbocycles. The van der Waals surface area contributed by atoms with E-state index in [0.29, 0.717) is 6.42 Å². The second kappa shape index (κ2) is 18.5. The molecule has 0 aromatic rings. The lowest BCUT2D eigenvalue weighted by Crippen LogP contribution is -2.45. The Kier molecular flexibility index (Phi) is 20.4. The molecule has 0 aliphatic carbocycles. The molecule has 0 aliphatic heterocycles. The van der Waals surface area contributed by atoms with E-state index in [2.05, 4.69) is 6.92 Å². The van der Waals surface area contributed by atoms with Gasteiger partial charge in [0.25, 0.3) is 0 Å². The van der Waals surface area contributed by atoms with E-state index >= 15 is 0 Å². The van der Waals surface area contributed by atoms with E-state index in [1.165, 1.54) is 64.2 Å². The zero-order chi connectivity index (χ0) is 16.6. The first-order chi connectivity index (χ1) is 10.6. The van der Waals surface area contributed by atoms with Crippen LogP contribution < -0.4 is 5.73 Å². The molecule has 3 atom stereocenters. The van der Waals surface area contributed by atoms with E-state index in [-0.39, 0.29) is 19.0 Å². The first-order valence-corrected chi connectivity index (χ1v) is 9.36. The van der Waals surface area contributed by atoms with Crippen LogP contribution in [0.15, 0.2) is 0 Å². The van der Waals surface area contributed by atoms with Crippen LogP contribution in [0, 0.1) is 0 Å². The monoisotopic (exact) mass is 353 g/mol. The molecule has 0 aliphatic rings. The van der Waals surface area contributed by atoms with Gasteiger partial charge in [-0.25, -0.2) is 0 Å². The minimum atomic E-state index is -1.02. The zero-order valence-corrected chi connectivity index (χ0v) is 15.8. The number of nitrogens with two attached hydrogens (primary N) is 1. The highest BCUT2D eigenvalue weighted by Gasteiger charge is 2.22. The Morgan fingerprint density at radius 2 is 1.13 bits per heavy atom. The molecule has 23 heavy (non-hydrogen) atoms. The van der Waals surface area contributed by atoms with Gasteiger partial charge in [-0.3, -0.25) is 0 Å². The normalized spacial score (nSPS) is 15.0. The second-order valence-electron chi connectivity index (χ2n) is 6.58. The summed E-state index contributed by atoms with van der Waals surface area (Å²) in [5.74, 6) is 0.